The van der Waals surface area contributed by atoms with Crippen molar-refractivity contribution in [3.8, 4) is 0 Å². The van der Waals surface area contributed by atoms with E-state index >= 15 is 0 Å². The maximum atomic E-state index is 13.6. The van der Waals surface area contributed by atoms with Crippen LogP contribution < -0.4 is 5.32 Å². The molecule has 2 rings (SSSR count). The highest BCUT2D eigenvalue weighted by atomic mass is 32.2. The minimum Gasteiger partial charge on any atom is -0.349 e. The molecule has 4 heteroatoms. The van der Waals surface area contributed by atoms with Gasteiger partial charge in [0, 0.05) is 5.75 Å². The van der Waals surface area contributed by atoms with E-state index in [0.29, 0.717) is 17.1 Å². The summed E-state index contributed by atoms with van der Waals surface area (Å²) < 4.78 is 13.6. The molecular weight excluding hydrogens is 321 g/mol. The third-order valence-electron chi connectivity index (χ3n) is 4.13. The Morgan fingerprint density at radius 2 is 1.92 bits per heavy atom. The Kier molecular flexibility index (Phi) is 6.85. The summed E-state index contributed by atoms with van der Waals surface area (Å²) in [4.78, 5) is 12.2. The van der Waals surface area contributed by atoms with Crippen molar-refractivity contribution in [1.82, 2.24) is 5.32 Å². The number of benzene rings is 2. The van der Waals surface area contributed by atoms with Crippen molar-refractivity contribution >= 4 is 17.7 Å². The third kappa shape index (κ3) is 5.10. The fraction of sp³-hybridized carbons (Fsp3) is 0.350. The lowest BCUT2D eigenvalue weighted by molar-refractivity contribution is -0.119. The number of hydrogen-bond donors (Lipinski definition) is 1. The second-order valence-corrected chi connectivity index (χ2v) is 6.94. The molecule has 2 aromatic rings. The molecule has 0 aliphatic rings. The summed E-state index contributed by atoms with van der Waals surface area (Å²) in [6.45, 7) is 6.22. The number of thioether (sulfide) groups is 1. The summed E-state index contributed by atoms with van der Waals surface area (Å²) in [5.41, 5.74) is 4.25. The zero-order chi connectivity index (χ0) is 17.5. The van der Waals surface area contributed by atoms with Crippen LogP contribution >= 0.6 is 11.8 Å². The first-order valence-electron chi connectivity index (χ1n) is 8.19. The lowest BCUT2D eigenvalue weighted by Gasteiger charge is -2.18. The maximum absolute atomic E-state index is 13.6. The van der Waals surface area contributed by atoms with Crippen molar-refractivity contribution in [2.24, 2.45) is 0 Å². The Morgan fingerprint density at radius 1 is 1.17 bits per heavy atom. The van der Waals surface area contributed by atoms with E-state index in [2.05, 4.69) is 44.3 Å². The van der Waals surface area contributed by atoms with Gasteiger partial charge in [-0.3, -0.25) is 4.79 Å². The normalized spacial score (nSPS) is 12.0. The van der Waals surface area contributed by atoms with Gasteiger partial charge in [-0.25, -0.2) is 4.39 Å². The van der Waals surface area contributed by atoms with Crippen LogP contribution in [0.25, 0.3) is 0 Å². The van der Waals surface area contributed by atoms with E-state index in [4.69, 9.17) is 0 Å². The number of hydrogen-bond acceptors (Lipinski definition) is 2. The number of aryl methyl sites for hydroxylation is 2. The van der Waals surface area contributed by atoms with E-state index in [1.807, 2.05) is 6.07 Å². The monoisotopic (exact) mass is 345 g/mol. The molecule has 0 heterocycles. The number of carbonyl (C=O) groups is 1. The number of rotatable bonds is 7. The fourth-order valence-corrected chi connectivity index (χ4v) is 3.33. The molecule has 2 nitrogen and oxygen atoms in total. The molecule has 1 N–H and O–H groups in total. The Hall–Kier alpha value is -1.81. The van der Waals surface area contributed by atoms with Crippen molar-refractivity contribution in [3.05, 3.63) is 70.5 Å². The van der Waals surface area contributed by atoms with Gasteiger partial charge in [0.1, 0.15) is 5.82 Å². The van der Waals surface area contributed by atoms with Gasteiger partial charge in [-0.2, -0.15) is 0 Å². The van der Waals surface area contributed by atoms with Crippen molar-refractivity contribution in [1.29, 1.82) is 0 Å². The van der Waals surface area contributed by atoms with Crippen LogP contribution in [0.2, 0.25) is 0 Å². The summed E-state index contributed by atoms with van der Waals surface area (Å²) in [7, 11) is 0. The molecule has 0 aliphatic carbocycles. The Balaban J connectivity index is 1.88. The molecule has 0 saturated carbocycles. The molecule has 24 heavy (non-hydrogen) atoms. The highest BCUT2D eigenvalue weighted by Gasteiger charge is 2.13. The number of halogens is 1. The standard InChI is InChI=1S/C20H24FNOS/c1-4-19(16-10-9-14(2)15(3)11-16)22-20(23)13-24-12-17-7-5-6-8-18(17)21/h5-11,19H,4,12-13H2,1-3H3,(H,22,23). The largest absolute Gasteiger partial charge is 0.349 e. The smallest absolute Gasteiger partial charge is 0.230 e. The van der Waals surface area contributed by atoms with Crippen molar-refractivity contribution in [3.63, 3.8) is 0 Å². The van der Waals surface area contributed by atoms with Crippen molar-refractivity contribution < 1.29 is 9.18 Å². The fourth-order valence-electron chi connectivity index (χ4n) is 2.51. The van der Waals surface area contributed by atoms with E-state index in [-0.39, 0.29) is 17.8 Å². The zero-order valence-electron chi connectivity index (χ0n) is 14.4. The van der Waals surface area contributed by atoms with Gasteiger partial charge in [-0.05, 0) is 48.6 Å². The predicted octanol–water partition coefficient (Wildman–Crippen LogP) is 4.94. The van der Waals surface area contributed by atoms with E-state index < -0.39 is 0 Å². The first kappa shape index (κ1) is 18.5. The number of nitrogens with one attached hydrogen (secondary N) is 1. The van der Waals surface area contributed by atoms with Crippen molar-refractivity contribution in [2.45, 2.75) is 39.0 Å². The van der Waals surface area contributed by atoms with Crippen LogP contribution in [0.15, 0.2) is 42.5 Å². The summed E-state index contributed by atoms with van der Waals surface area (Å²) in [6.07, 6.45) is 0.840. The van der Waals surface area contributed by atoms with Crippen molar-refractivity contribution in [2.75, 3.05) is 5.75 Å². The summed E-state index contributed by atoms with van der Waals surface area (Å²) >= 11 is 1.43. The maximum Gasteiger partial charge on any atom is 0.230 e. The van der Waals surface area contributed by atoms with Gasteiger partial charge < -0.3 is 5.32 Å². The molecule has 128 valence electrons. The summed E-state index contributed by atoms with van der Waals surface area (Å²) in [5, 5.41) is 3.08. The molecule has 0 saturated heterocycles. The molecule has 0 fully saturated rings. The van der Waals surface area contributed by atoms with Crippen LogP contribution in [0.5, 0.6) is 0 Å². The van der Waals surface area contributed by atoms with Gasteiger partial charge in [0.15, 0.2) is 0 Å². The first-order valence-corrected chi connectivity index (χ1v) is 9.34. The van der Waals surface area contributed by atoms with Gasteiger partial charge in [-0.1, -0.05) is 43.3 Å². The highest BCUT2D eigenvalue weighted by Crippen LogP contribution is 2.20. The summed E-state index contributed by atoms with van der Waals surface area (Å²) in [6, 6.07) is 13.0. The molecule has 0 radical (unpaired) electrons. The Bertz CT molecular complexity index is 702. The lowest BCUT2D eigenvalue weighted by atomic mass is 9.99. The summed E-state index contributed by atoms with van der Waals surface area (Å²) in [5.74, 6) is 0.601. The molecule has 0 aromatic heterocycles. The third-order valence-corrected chi connectivity index (χ3v) is 5.11. The molecule has 1 amide bonds. The number of carbonyl (C=O) groups excluding carboxylic acids is 1. The highest BCUT2D eigenvalue weighted by molar-refractivity contribution is 7.99. The van der Waals surface area contributed by atoms with E-state index in [0.717, 1.165) is 12.0 Å². The van der Waals surface area contributed by atoms with E-state index in [9.17, 15) is 9.18 Å². The quantitative estimate of drug-likeness (QED) is 0.770. The number of amides is 1. The van der Waals surface area contributed by atoms with Gasteiger partial charge in [-0.15, -0.1) is 11.8 Å². The SMILES string of the molecule is CCC(NC(=O)CSCc1ccccc1F)c1ccc(C)c(C)c1. The van der Waals surface area contributed by atoms with Gasteiger partial charge in [0.2, 0.25) is 5.91 Å². The second kappa shape index (κ2) is 8.88. The Morgan fingerprint density at radius 3 is 2.58 bits per heavy atom. The van der Waals surface area contributed by atoms with E-state index in [1.54, 1.807) is 12.1 Å². The minimum atomic E-state index is -0.216. The molecule has 0 bridgehead atoms. The average Bonchev–Trinajstić information content (AvgIpc) is 2.57. The molecule has 2 aromatic carbocycles. The first-order chi connectivity index (χ1) is 11.5. The lowest BCUT2D eigenvalue weighted by Crippen LogP contribution is -2.29. The van der Waals surface area contributed by atoms with Gasteiger partial charge >= 0.3 is 0 Å². The van der Waals surface area contributed by atoms with Crippen LogP contribution in [0, 0.1) is 19.7 Å². The molecule has 0 spiro atoms. The second-order valence-electron chi connectivity index (χ2n) is 5.96. The van der Waals surface area contributed by atoms with Crippen LogP contribution in [0.3, 0.4) is 0 Å². The molecular formula is C20H24FNOS. The average molecular weight is 345 g/mol. The van der Waals surface area contributed by atoms with Crippen LogP contribution in [0.1, 0.15) is 41.6 Å². The Labute approximate surface area is 147 Å². The molecule has 0 aliphatic heterocycles. The topological polar surface area (TPSA) is 29.1 Å². The predicted molar refractivity (Wildman–Crippen MR) is 99.7 cm³/mol. The van der Waals surface area contributed by atoms with Crippen LogP contribution in [0.4, 0.5) is 4.39 Å². The van der Waals surface area contributed by atoms with Crippen LogP contribution in [-0.2, 0) is 10.5 Å². The van der Waals surface area contributed by atoms with E-state index in [1.165, 1.54) is 29.0 Å². The molecule has 1 unspecified atom stereocenters. The van der Waals surface area contributed by atoms with Gasteiger partial charge in [0.05, 0.1) is 11.8 Å². The molecule has 1 atom stereocenters. The minimum absolute atomic E-state index is 0.0126. The van der Waals surface area contributed by atoms with Gasteiger partial charge in [0.25, 0.3) is 0 Å². The van der Waals surface area contributed by atoms with Crippen LogP contribution in [-0.4, -0.2) is 11.7 Å². The zero-order valence-corrected chi connectivity index (χ0v) is 15.3.